The molecule has 0 atom stereocenters. The van der Waals surface area contributed by atoms with Crippen LogP contribution < -0.4 is 9.64 Å². The van der Waals surface area contributed by atoms with E-state index in [1.165, 1.54) is 11.3 Å². The predicted molar refractivity (Wildman–Crippen MR) is 105 cm³/mol. The van der Waals surface area contributed by atoms with Gasteiger partial charge in [0, 0.05) is 49.5 Å². The number of fused-ring (bicyclic) bond motifs is 1. The van der Waals surface area contributed by atoms with Crippen molar-refractivity contribution in [1.29, 1.82) is 0 Å². The van der Waals surface area contributed by atoms with E-state index in [2.05, 4.69) is 20.9 Å². The van der Waals surface area contributed by atoms with Gasteiger partial charge in [0.15, 0.2) is 0 Å². The lowest BCUT2D eigenvalue weighted by Crippen LogP contribution is -2.35. The number of rotatable bonds is 3. The molecule has 2 aromatic rings. The molecule has 6 heteroatoms. The van der Waals surface area contributed by atoms with Crippen molar-refractivity contribution in [3.63, 3.8) is 0 Å². The number of hydrogen-bond acceptors (Lipinski definition) is 5. The Morgan fingerprint density at radius 2 is 2.00 bits per heavy atom. The average molecular weight is 366 g/mol. The molecule has 0 N–H and O–H groups in total. The topological polar surface area (TPSA) is 58.6 Å². The second kappa shape index (κ2) is 7.55. The molecular formula is C21H26N4O2. The van der Waals surface area contributed by atoms with E-state index in [0.717, 1.165) is 56.7 Å². The van der Waals surface area contributed by atoms with E-state index >= 15 is 0 Å². The van der Waals surface area contributed by atoms with Crippen LogP contribution in [-0.2, 0) is 12.8 Å². The van der Waals surface area contributed by atoms with E-state index in [4.69, 9.17) is 4.74 Å². The molecule has 2 aromatic heterocycles. The van der Waals surface area contributed by atoms with E-state index in [-0.39, 0.29) is 5.91 Å². The van der Waals surface area contributed by atoms with E-state index in [9.17, 15) is 4.79 Å². The van der Waals surface area contributed by atoms with Gasteiger partial charge in [0.2, 0.25) is 5.88 Å². The molecule has 4 rings (SSSR count). The summed E-state index contributed by atoms with van der Waals surface area (Å²) in [5.41, 5.74) is 5.07. The van der Waals surface area contributed by atoms with Crippen LogP contribution in [-0.4, -0.2) is 54.1 Å². The molecule has 0 radical (unpaired) electrons. The van der Waals surface area contributed by atoms with Crippen molar-refractivity contribution in [2.45, 2.75) is 32.6 Å². The smallest absolute Gasteiger partial charge is 0.259 e. The molecule has 2 aliphatic rings. The summed E-state index contributed by atoms with van der Waals surface area (Å²) >= 11 is 0. The van der Waals surface area contributed by atoms with Crippen molar-refractivity contribution < 1.29 is 9.53 Å². The fourth-order valence-corrected chi connectivity index (χ4v) is 4.04. The molecule has 0 aromatic carbocycles. The van der Waals surface area contributed by atoms with Crippen LogP contribution in [0.3, 0.4) is 0 Å². The van der Waals surface area contributed by atoms with Gasteiger partial charge >= 0.3 is 0 Å². The Labute approximate surface area is 160 Å². The fourth-order valence-electron chi connectivity index (χ4n) is 4.04. The molecule has 1 fully saturated rings. The molecule has 1 saturated heterocycles. The van der Waals surface area contributed by atoms with Gasteiger partial charge < -0.3 is 14.5 Å². The van der Waals surface area contributed by atoms with Gasteiger partial charge in [0.05, 0.1) is 7.11 Å². The Kier molecular flexibility index (Phi) is 4.97. The number of amides is 1. The molecule has 0 saturated carbocycles. The highest BCUT2D eigenvalue weighted by atomic mass is 16.5. The van der Waals surface area contributed by atoms with Crippen molar-refractivity contribution in [2.24, 2.45) is 0 Å². The summed E-state index contributed by atoms with van der Waals surface area (Å²) in [5, 5.41) is 0. The maximum atomic E-state index is 13.2. The quantitative estimate of drug-likeness (QED) is 0.836. The lowest BCUT2D eigenvalue weighted by Gasteiger charge is -2.24. The number of methoxy groups -OCH3 is 1. The van der Waals surface area contributed by atoms with Crippen LogP contribution in [0.4, 0.5) is 5.69 Å². The van der Waals surface area contributed by atoms with Gasteiger partial charge in [-0.05, 0) is 56.4 Å². The summed E-state index contributed by atoms with van der Waals surface area (Å²) in [6.45, 7) is 5.20. The maximum Gasteiger partial charge on any atom is 0.259 e. The van der Waals surface area contributed by atoms with Crippen molar-refractivity contribution >= 4 is 11.6 Å². The molecule has 3 heterocycles. The third-order valence-corrected chi connectivity index (χ3v) is 5.47. The zero-order chi connectivity index (χ0) is 18.8. The number of ether oxygens (including phenoxy) is 1. The first kappa shape index (κ1) is 17.8. The summed E-state index contributed by atoms with van der Waals surface area (Å²) < 4.78 is 5.44. The number of nitrogens with zero attached hydrogens (tertiary/aromatic N) is 4. The SMILES string of the molecule is COc1nc2c(cc1C(=O)N1CCCN(c3ccnc(C)c3)CC1)CCC2. The predicted octanol–water partition coefficient (Wildman–Crippen LogP) is 2.63. The van der Waals surface area contributed by atoms with Crippen LogP contribution in [0.25, 0.3) is 0 Å². The first-order chi connectivity index (χ1) is 13.2. The highest BCUT2D eigenvalue weighted by Gasteiger charge is 2.26. The summed E-state index contributed by atoms with van der Waals surface area (Å²) in [5.74, 6) is 0.494. The lowest BCUT2D eigenvalue weighted by atomic mass is 10.1. The minimum Gasteiger partial charge on any atom is -0.480 e. The summed E-state index contributed by atoms with van der Waals surface area (Å²) in [4.78, 5) is 26.4. The highest BCUT2D eigenvalue weighted by molar-refractivity contribution is 5.96. The molecule has 0 spiro atoms. The molecule has 0 bridgehead atoms. The van der Waals surface area contributed by atoms with Crippen LogP contribution in [0.2, 0.25) is 0 Å². The third-order valence-electron chi connectivity index (χ3n) is 5.47. The van der Waals surface area contributed by atoms with Gasteiger partial charge in [-0.2, -0.15) is 0 Å². The van der Waals surface area contributed by atoms with Gasteiger partial charge in [-0.1, -0.05) is 0 Å². The largest absolute Gasteiger partial charge is 0.480 e. The van der Waals surface area contributed by atoms with Crippen LogP contribution in [0.15, 0.2) is 24.4 Å². The first-order valence-corrected chi connectivity index (χ1v) is 9.69. The van der Waals surface area contributed by atoms with Crippen molar-refractivity contribution in [3.05, 3.63) is 46.9 Å². The summed E-state index contributed by atoms with van der Waals surface area (Å²) in [6, 6.07) is 6.15. The number of aryl methyl sites for hydroxylation is 3. The van der Waals surface area contributed by atoms with Crippen LogP contribution in [0.1, 0.15) is 40.2 Å². The minimum atomic E-state index is 0.0295. The number of carbonyl (C=O) groups is 1. The number of pyridine rings is 2. The Hall–Kier alpha value is -2.63. The van der Waals surface area contributed by atoms with E-state index in [1.807, 2.05) is 30.2 Å². The molecule has 1 aliphatic heterocycles. The zero-order valence-electron chi connectivity index (χ0n) is 16.1. The molecule has 1 aliphatic carbocycles. The fraction of sp³-hybridized carbons (Fsp3) is 0.476. The number of carbonyl (C=O) groups excluding carboxylic acids is 1. The normalized spacial score (nSPS) is 16.8. The molecule has 6 nitrogen and oxygen atoms in total. The number of hydrogen-bond donors (Lipinski definition) is 0. The highest BCUT2D eigenvalue weighted by Crippen LogP contribution is 2.28. The van der Waals surface area contributed by atoms with Crippen molar-refractivity contribution in [3.8, 4) is 5.88 Å². The van der Waals surface area contributed by atoms with Gasteiger partial charge in [0.25, 0.3) is 5.91 Å². The number of aromatic nitrogens is 2. The van der Waals surface area contributed by atoms with Gasteiger partial charge in [-0.25, -0.2) is 4.98 Å². The third kappa shape index (κ3) is 3.61. The Morgan fingerprint density at radius 3 is 2.81 bits per heavy atom. The first-order valence-electron chi connectivity index (χ1n) is 9.69. The second-order valence-electron chi connectivity index (χ2n) is 7.29. The Bertz CT molecular complexity index is 852. The molecule has 27 heavy (non-hydrogen) atoms. The van der Waals surface area contributed by atoms with Crippen molar-refractivity contribution in [2.75, 3.05) is 38.2 Å². The van der Waals surface area contributed by atoms with Crippen LogP contribution >= 0.6 is 0 Å². The average Bonchev–Trinajstić information content (AvgIpc) is 3.00. The monoisotopic (exact) mass is 366 g/mol. The molecule has 0 unspecified atom stereocenters. The summed E-state index contributed by atoms with van der Waals surface area (Å²) in [7, 11) is 1.59. The maximum absolute atomic E-state index is 13.2. The molecule has 1 amide bonds. The Balaban J connectivity index is 1.52. The number of anilines is 1. The molecule has 142 valence electrons. The Morgan fingerprint density at radius 1 is 1.11 bits per heavy atom. The minimum absolute atomic E-state index is 0.0295. The van der Waals surface area contributed by atoms with Crippen LogP contribution in [0.5, 0.6) is 5.88 Å². The second-order valence-corrected chi connectivity index (χ2v) is 7.29. The van der Waals surface area contributed by atoms with E-state index in [1.54, 1.807) is 7.11 Å². The standard InChI is InChI=1S/C21H26N4O2/c1-15-13-17(7-8-22-15)24-9-4-10-25(12-11-24)21(26)18-14-16-5-3-6-19(16)23-20(18)27-2/h7-8,13-14H,3-6,9-12H2,1-2H3. The summed E-state index contributed by atoms with van der Waals surface area (Å²) in [6.07, 6.45) is 5.87. The molecular weight excluding hydrogens is 340 g/mol. The van der Waals surface area contributed by atoms with Gasteiger partial charge in [-0.3, -0.25) is 9.78 Å². The lowest BCUT2D eigenvalue weighted by molar-refractivity contribution is 0.0762. The van der Waals surface area contributed by atoms with Crippen molar-refractivity contribution in [1.82, 2.24) is 14.9 Å². The van der Waals surface area contributed by atoms with Crippen LogP contribution in [0, 0.1) is 6.92 Å². The van der Waals surface area contributed by atoms with E-state index in [0.29, 0.717) is 18.0 Å². The van der Waals surface area contributed by atoms with E-state index < -0.39 is 0 Å². The van der Waals surface area contributed by atoms with Gasteiger partial charge in [-0.15, -0.1) is 0 Å². The zero-order valence-corrected chi connectivity index (χ0v) is 16.1. The van der Waals surface area contributed by atoms with Gasteiger partial charge in [0.1, 0.15) is 5.56 Å².